The molecule has 2 aromatic rings. The molecule has 1 aromatic heterocycles. The van der Waals surface area contributed by atoms with Gasteiger partial charge in [-0.25, -0.2) is 0 Å². The van der Waals surface area contributed by atoms with Crippen LogP contribution in [0.2, 0.25) is 0 Å². The first-order chi connectivity index (χ1) is 9.28. The Morgan fingerprint density at radius 2 is 2.11 bits per heavy atom. The molecule has 1 aromatic carbocycles. The monoisotopic (exact) mass is 269 g/mol. The number of nitrogens with zero attached hydrogens (tertiary/aromatic N) is 2. The highest BCUT2D eigenvalue weighted by Crippen LogP contribution is 2.37. The maximum atomic E-state index is 8.97. The van der Waals surface area contributed by atoms with Gasteiger partial charge < -0.3 is 10.6 Å². The summed E-state index contributed by atoms with van der Waals surface area (Å²) in [5.41, 5.74) is 7.83. The van der Waals surface area contributed by atoms with Crippen LogP contribution < -0.4 is 10.6 Å². The Bertz CT molecular complexity index is 612. The Morgan fingerprint density at radius 3 is 2.79 bits per heavy atom. The highest BCUT2D eigenvalue weighted by atomic mass is 32.1. The fourth-order valence-corrected chi connectivity index (χ4v) is 3.50. The number of benzene rings is 1. The summed E-state index contributed by atoms with van der Waals surface area (Å²) < 4.78 is 0. The fraction of sp³-hybridized carbons (Fsp3) is 0.267. The van der Waals surface area contributed by atoms with Crippen LogP contribution in [0, 0.1) is 11.3 Å². The van der Waals surface area contributed by atoms with E-state index in [4.69, 9.17) is 11.0 Å². The van der Waals surface area contributed by atoms with E-state index in [0.29, 0.717) is 16.5 Å². The van der Waals surface area contributed by atoms with Crippen molar-refractivity contribution in [2.45, 2.75) is 12.3 Å². The zero-order valence-corrected chi connectivity index (χ0v) is 11.4. The van der Waals surface area contributed by atoms with Crippen molar-refractivity contribution < 1.29 is 0 Å². The summed E-state index contributed by atoms with van der Waals surface area (Å²) in [6, 6.07) is 14.7. The van der Waals surface area contributed by atoms with E-state index in [1.807, 2.05) is 6.07 Å². The number of hydrogen-bond donors (Lipinski definition) is 1. The van der Waals surface area contributed by atoms with Gasteiger partial charge in [0.25, 0.3) is 0 Å². The number of nitrogen functional groups attached to an aromatic ring is 1. The van der Waals surface area contributed by atoms with Crippen molar-refractivity contribution in [2.75, 3.05) is 23.7 Å². The lowest BCUT2D eigenvalue weighted by atomic mass is 9.99. The van der Waals surface area contributed by atoms with Gasteiger partial charge in [-0.1, -0.05) is 30.3 Å². The zero-order chi connectivity index (χ0) is 13.2. The standard InChI is InChI=1S/C15H15N3S/c16-9-14-13(17)8-15(19-14)18-7-6-12(10-18)11-4-2-1-3-5-11/h1-5,8,12H,6-7,10,17H2. The van der Waals surface area contributed by atoms with Crippen LogP contribution in [0.15, 0.2) is 36.4 Å². The number of rotatable bonds is 2. The summed E-state index contributed by atoms with van der Waals surface area (Å²) in [6.45, 7) is 2.04. The van der Waals surface area contributed by atoms with Gasteiger partial charge in [-0.3, -0.25) is 0 Å². The number of thiophene rings is 1. The lowest BCUT2D eigenvalue weighted by Crippen LogP contribution is -2.17. The highest BCUT2D eigenvalue weighted by Gasteiger charge is 2.25. The van der Waals surface area contributed by atoms with Crippen LogP contribution in [0.4, 0.5) is 10.7 Å². The smallest absolute Gasteiger partial charge is 0.129 e. The van der Waals surface area contributed by atoms with Crippen LogP contribution in [0.5, 0.6) is 0 Å². The molecule has 19 heavy (non-hydrogen) atoms. The first-order valence-electron chi connectivity index (χ1n) is 6.37. The molecule has 96 valence electrons. The van der Waals surface area contributed by atoms with Crippen LogP contribution in [0.25, 0.3) is 0 Å². The molecule has 3 nitrogen and oxygen atoms in total. The molecule has 0 spiro atoms. The minimum absolute atomic E-state index is 0.579. The van der Waals surface area contributed by atoms with Crippen LogP contribution in [0.1, 0.15) is 22.8 Å². The van der Waals surface area contributed by atoms with Crippen molar-refractivity contribution in [2.24, 2.45) is 0 Å². The first-order valence-corrected chi connectivity index (χ1v) is 7.19. The van der Waals surface area contributed by atoms with E-state index >= 15 is 0 Å². The summed E-state index contributed by atoms with van der Waals surface area (Å²) >= 11 is 1.49. The van der Waals surface area contributed by atoms with Crippen LogP contribution in [-0.2, 0) is 0 Å². The number of anilines is 2. The molecule has 4 heteroatoms. The van der Waals surface area contributed by atoms with E-state index in [1.54, 1.807) is 0 Å². The molecule has 0 radical (unpaired) electrons. The molecule has 1 unspecified atom stereocenters. The molecule has 0 amide bonds. The van der Waals surface area contributed by atoms with Gasteiger partial charge >= 0.3 is 0 Å². The molecule has 0 bridgehead atoms. The van der Waals surface area contributed by atoms with E-state index in [0.717, 1.165) is 24.5 Å². The van der Waals surface area contributed by atoms with E-state index < -0.39 is 0 Å². The Hall–Kier alpha value is -1.99. The van der Waals surface area contributed by atoms with Crippen molar-refractivity contribution in [1.82, 2.24) is 0 Å². The van der Waals surface area contributed by atoms with Gasteiger partial charge in [0.1, 0.15) is 10.9 Å². The molecule has 0 saturated carbocycles. The second-order valence-corrected chi connectivity index (χ2v) is 5.85. The Morgan fingerprint density at radius 1 is 1.32 bits per heavy atom. The molecule has 1 aliphatic heterocycles. The molecule has 3 rings (SSSR count). The molecule has 1 aliphatic rings. The van der Waals surface area contributed by atoms with E-state index in [1.165, 1.54) is 16.9 Å². The van der Waals surface area contributed by atoms with Crippen LogP contribution >= 0.6 is 11.3 Å². The summed E-state index contributed by atoms with van der Waals surface area (Å²) in [5, 5.41) is 10.1. The third-order valence-electron chi connectivity index (χ3n) is 3.62. The van der Waals surface area contributed by atoms with Gasteiger partial charge in [-0.15, -0.1) is 11.3 Å². The lowest BCUT2D eigenvalue weighted by Gasteiger charge is -2.16. The summed E-state index contributed by atoms with van der Waals surface area (Å²) in [5.74, 6) is 0.579. The molecule has 2 heterocycles. The maximum Gasteiger partial charge on any atom is 0.129 e. The molecular weight excluding hydrogens is 254 g/mol. The van der Waals surface area contributed by atoms with Crippen molar-refractivity contribution >= 4 is 22.0 Å². The molecule has 0 aliphatic carbocycles. The van der Waals surface area contributed by atoms with E-state index in [2.05, 4.69) is 41.3 Å². The van der Waals surface area contributed by atoms with Gasteiger partial charge in [0, 0.05) is 19.0 Å². The van der Waals surface area contributed by atoms with Crippen LogP contribution in [0.3, 0.4) is 0 Å². The number of hydrogen-bond acceptors (Lipinski definition) is 4. The zero-order valence-electron chi connectivity index (χ0n) is 10.5. The maximum absolute atomic E-state index is 8.97. The SMILES string of the molecule is N#Cc1sc(N2CCC(c3ccccc3)C2)cc1N. The molecular formula is C15H15N3S. The van der Waals surface area contributed by atoms with Crippen molar-refractivity contribution in [3.05, 3.63) is 46.8 Å². The van der Waals surface area contributed by atoms with Gasteiger partial charge in [-0.05, 0) is 18.1 Å². The Labute approximate surface area is 116 Å². The van der Waals surface area contributed by atoms with E-state index in [9.17, 15) is 0 Å². The van der Waals surface area contributed by atoms with Crippen molar-refractivity contribution in [3.63, 3.8) is 0 Å². The molecule has 1 fully saturated rings. The summed E-state index contributed by atoms with van der Waals surface area (Å²) in [7, 11) is 0. The van der Waals surface area contributed by atoms with Gasteiger partial charge in [-0.2, -0.15) is 5.26 Å². The van der Waals surface area contributed by atoms with Gasteiger partial charge in [0.2, 0.25) is 0 Å². The second-order valence-electron chi connectivity index (χ2n) is 4.82. The summed E-state index contributed by atoms with van der Waals surface area (Å²) in [6.07, 6.45) is 1.16. The van der Waals surface area contributed by atoms with Crippen LogP contribution in [-0.4, -0.2) is 13.1 Å². The topological polar surface area (TPSA) is 53.0 Å². The third-order valence-corrected chi connectivity index (χ3v) is 4.74. The van der Waals surface area contributed by atoms with Crippen molar-refractivity contribution in [3.8, 4) is 6.07 Å². The molecule has 1 saturated heterocycles. The van der Waals surface area contributed by atoms with Gasteiger partial charge in [0.15, 0.2) is 0 Å². The average molecular weight is 269 g/mol. The predicted octanol–water partition coefficient (Wildman–Crippen LogP) is 3.20. The summed E-state index contributed by atoms with van der Waals surface area (Å²) in [4.78, 5) is 2.96. The normalized spacial score (nSPS) is 18.5. The minimum atomic E-state index is 0.579. The number of nitriles is 1. The fourth-order valence-electron chi connectivity index (χ4n) is 2.59. The quantitative estimate of drug-likeness (QED) is 0.911. The minimum Gasteiger partial charge on any atom is -0.397 e. The number of nitrogens with two attached hydrogens (primary N) is 1. The molecule has 2 N–H and O–H groups in total. The lowest BCUT2D eigenvalue weighted by molar-refractivity contribution is 0.775. The largest absolute Gasteiger partial charge is 0.397 e. The average Bonchev–Trinajstić information content (AvgIpc) is 3.06. The predicted molar refractivity (Wildman–Crippen MR) is 79.5 cm³/mol. The Kier molecular flexibility index (Phi) is 3.14. The van der Waals surface area contributed by atoms with E-state index in [-0.39, 0.29) is 0 Å². The van der Waals surface area contributed by atoms with Crippen molar-refractivity contribution in [1.29, 1.82) is 5.26 Å². The third kappa shape index (κ3) is 2.29. The highest BCUT2D eigenvalue weighted by molar-refractivity contribution is 7.17. The second kappa shape index (κ2) is 4.94. The van der Waals surface area contributed by atoms with Gasteiger partial charge in [0.05, 0.1) is 10.7 Å². The molecule has 1 atom stereocenters. The first kappa shape index (κ1) is 12.1. The Balaban J connectivity index is 1.77.